The van der Waals surface area contributed by atoms with Crippen molar-refractivity contribution < 1.29 is 4.74 Å². The molecule has 0 atom stereocenters. The third kappa shape index (κ3) is 3.43. The highest BCUT2D eigenvalue weighted by atomic mass is 16.5. The van der Waals surface area contributed by atoms with E-state index in [1.807, 2.05) is 43.0 Å². The Hall–Kier alpha value is -3.13. The van der Waals surface area contributed by atoms with Gasteiger partial charge in [0.2, 0.25) is 5.95 Å². The molecule has 3 aromatic rings. The smallest absolute Gasteiger partial charge is 0.229 e. The molecule has 8 heteroatoms. The standard InChI is InChI=1S/C19H23N7O/c1-12-8-18(20-2)25-19(23-12)24-13-4-5-17(27-3)14(9-13)15-10-22-26-7-6-21-11-16(15)26/h4-5,8-10,21H,6-7,11H2,1-3H3,(H2,20,23,24,25). The fraction of sp³-hybridized carbons (Fsp3) is 0.316. The predicted molar refractivity (Wildman–Crippen MR) is 106 cm³/mol. The third-order valence-electron chi connectivity index (χ3n) is 4.60. The predicted octanol–water partition coefficient (Wildman–Crippen LogP) is 2.55. The van der Waals surface area contributed by atoms with E-state index in [-0.39, 0.29) is 0 Å². The summed E-state index contributed by atoms with van der Waals surface area (Å²) in [5.41, 5.74) is 5.02. The summed E-state index contributed by atoms with van der Waals surface area (Å²) in [4.78, 5) is 8.92. The third-order valence-corrected chi connectivity index (χ3v) is 4.60. The van der Waals surface area contributed by atoms with Crippen molar-refractivity contribution in [2.45, 2.75) is 20.0 Å². The highest BCUT2D eigenvalue weighted by molar-refractivity contribution is 5.77. The van der Waals surface area contributed by atoms with Crippen LogP contribution in [0.2, 0.25) is 0 Å². The van der Waals surface area contributed by atoms with Crippen molar-refractivity contribution in [3.05, 3.63) is 41.9 Å². The van der Waals surface area contributed by atoms with E-state index < -0.39 is 0 Å². The van der Waals surface area contributed by atoms with Gasteiger partial charge < -0.3 is 20.7 Å². The van der Waals surface area contributed by atoms with Crippen molar-refractivity contribution in [2.24, 2.45) is 0 Å². The molecule has 0 unspecified atom stereocenters. The Morgan fingerprint density at radius 2 is 2.07 bits per heavy atom. The molecular formula is C19H23N7O. The van der Waals surface area contributed by atoms with Crippen LogP contribution < -0.4 is 20.7 Å². The number of nitrogens with zero attached hydrogens (tertiary/aromatic N) is 4. The number of nitrogens with one attached hydrogen (secondary N) is 3. The van der Waals surface area contributed by atoms with Crippen molar-refractivity contribution in [3.63, 3.8) is 0 Å². The van der Waals surface area contributed by atoms with Gasteiger partial charge in [0.25, 0.3) is 0 Å². The lowest BCUT2D eigenvalue weighted by Crippen LogP contribution is -2.28. The molecule has 0 aliphatic carbocycles. The molecule has 0 amide bonds. The van der Waals surface area contributed by atoms with Crippen LogP contribution in [0.25, 0.3) is 11.1 Å². The minimum Gasteiger partial charge on any atom is -0.496 e. The molecule has 3 N–H and O–H groups in total. The van der Waals surface area contributed by atoms with Crippen molar-refractivity contribution in [2.75, 3.05) is 31.3 Å². The Morgan fingerprint density at radius 3 is 2.89 bits per heavy atom. The summed E-state index contributed by atoms with van der Waals surface area (Å²) in [5.74, 6) is 2.13. The summed E-state index contributed by atoms with van der Waals surface area (Å²) >= 11 is 0. The first-order chi connectivity index (χ1) is 13.2. The zero-order valence-corrected chi connectivity index (χ0v) is 15.7. The number of anilines is 3. The van der Waals surface area contributed by atoms with Crippen molar-refractivity contribution >= 4 is 17.5 Å². The first-order valence-corrected chi connectivity index (χ1v) is 8.92. The maximum Gasteiger partial charge on any atom is 0.229 e. The monoisotopic (exact) mass is 365 g/mol. The van der Waals surface area contributed by atoms with E-state index in [0.29, 0.717) is 5.95 Å². The van der Waals surface area contributed by atoms with Gasteiger partial charge in [-0.2, -0.15) is 10.1 Å². The van der Waals surface area contributed by atoms with Crippen molar-refractivity contribution in [1.29, 1.82) is 0 Å². The highest BCUT2D eigenvalue weighted by Gasteiger charge is 2.19. The molecule has 2 aromatic heterocycles. The maximum atomic E-state index is 5.59. The SMILES string of the molecule is CNc1cc(C)nc(Nc2ccc(OC)c(-c3cnn4c3CNCC4)c2)n1. The van der Waals surface area contributed by atoms with E-state index in [1.54, 1.807) is 7.11 Å². The summed E-state index contributed by atoms with van der Waals surface area (Å²) in [6.45, 7) is 4.55. The van der Waals surface area contributed by atoms with Gasteiger partial charge in [-0.25, -0.2) is 4.98 Å². The number of aromatic nitrogens is 4. The molecule has 27 heavy (non-hydrogen) atoms. The number of aryl methyl sites for hydroxylation is 1. The first-order valence-electron chi connectivity index (χ1n) is 8.92. The van der Waals surface area contributed by atoms with Gasteiger partial charge in [0.15, 0.2) is 0 Å². The van der Waals surface area contributed by atoms with Gasteiger partial charge in [-0.05, 0) is 25.1 Å². The molecule has 0 spiro atoms. The zero-order chi connectivity index (χ0) is 18.8. The second-order valence-electron chi connectivity index (χ2n) is 6.41. The molecule has 3 heterocycles. The number of methoxy groups -OCH3 is 1. The summed E-state index contributed by atoms with van der Waals surface area (Å²) in [6.07, 6.45) is 1.91. The van der Waals surface area contributed by atoms with Gasteiger partial charge in [-0.1, -0.05) is 0 Å². The van der Waals surface area contributed by atoms with Crippen LogP contribution in [0.4, 0.5) is 17.5 Å². The molecule has 0 fully saturated rings. The molecule has 1 aromatic carbocycles. The van der Waals surface area contributed by atoms with Gasteiger partial charge in [0, 0.05) is 48.7 Å². The molecule has 0 radical (unpaired) electrons. The van der Waals surface area contributed by atoms with Crippen LogP contribution in [0.1, 0.15) is 11.4 Å². The molecule has 4 rings (SSSR count). The molecule has 140 valence electrons. The topological polar surface area (TPSA) is 88.9 Å². The second kappa shape index (κ2) is 7.24. The molecule has 8 nitrogen and oxygen atoms in total. The van der Waals surface area contributed by atoms with Crippen LogP contribution >= 0.6 is 0 Å². The van der Waals surface area contributed by atoms with E-state index >= 15 is 0 Å². The fourth-order valence-corrected chi connectivity index (χ4v) is 3.28. The number of benzene rings is 1. The van der Waals surface area contributed by atoms with Gasteiger partial charge in [-0.3, -0.25) is 4.68 Å². The minimum absolute atomic E-state index is 0.550. The van der Waals surface area contributed by atoms with Crippen LogP contribution in [-0.4, -0.2) is 40.5 Å². The van der Waals surface area contributed by atoms with Crippen LogP contribution in [0.5, 0.6) is 5.75 Å². The normalized spacial score (nSPS) is 13.1. The summed E-state index contributed by atoms with van der Waals surface area (Å²) in [7, 11) is 3.53. The molecular weight excluding hydrogens is 342 g/mol. The molecule has 0 saturated heterocycles. The maximum absolute atomic E-state index is 5.59. The summed E-state index contributed by atoms with van der Waals surface area (Å²) in [5, 5.41) is 14.3. The van der Waals surface area contributed by atoms with Crippen LogP contribution in [0, 0.1) is 6.92 Å². The zero-order valence-electron chi connectivity index (χ0n) is 15.7. The number of hydrogen-bond donors (Lipinski definition) is 3. The summed E-state index contributed by atoms with van der Waals surface area (Å²) in [6, 6.07) is 7.86. The van der Waals surface area contributed by atoms with Crippen molar-refractivity contribution in [3.8, 4) is 16.9 Å². The lowest BCUT2D eigenvalue weighted by atomic mass is 10.0. The Labute approximate surface area is 158 Å². The number of rotatable bonds is 5. The minimum atomic E-state index is 0.550. The average molecular weight is 365 g/mol. The Balaban J connectivity index is 1.71. The van der Waals surface area contributed by atoms with E-state index in [0.717, 1.165) is 53.7 Å². The number of hydrogen-bond acceptors (Lipinski definition) is 7. The lowest BCUT2D eigenvalue weighted by molar-refractivity contribution is 0.416. The van der Waals surface area contributed by atoms with E-state index in [2.05, 4.69) is 37.1 Å². The van der Waals surface area contributed by atoms with Crippen LogP contribution in [0.15, 0.2) is 30.5 Å². The Morgan fingerprint density at radius 1 is 1.19 bits per heavy atom. The molecule has 1 aliphatic heterocycles. The van der Waals surface area contributed by atoms with E-state index in [1.165, 1.54) is 5.69 Å². The average Bonchev–Trinajstić information content (AvgIpc) is 3.11. The molecule has 0 saturated carbocycles. The Bertz CT molecular complexity index is 967. The fourth-order valence-electron chi connectivity index (χ4n) is 3.28. The Kier molecular flexibility index (Phi) is 4.64. The largest absolute Gasteiger partial charge is 0.496 e. The van der Waals surface area contributed by atoms with E-state index in [4.69, 9.17) is 4.74 Å². The van der Waals surface area contributed by atoms with Crippen LogP contribution in [-0.2, 0) is 13.1 Å². The lowest BCUT2D eigenvalue weighted by Gasteiger charge is -2.17. The summed E-state index contributed by atoms with van der Waals surface area (Å²) < 4.78 is 7.64. The van der Waals surface area contributed by atoms with Crippen LogP contribution in [0.3, 0.4) is 0 Å². The second-order valence-corrected chi connectivity index (χ2v) is 6.41. The highest BCUT2D eigenvalue weighted by Crippen LogP contribution is 2.35. The van der Waals surface area contributed by atoms with Gasteiger partial charge in [0.1, 0.15) is 11.6 Å². The van der Waals surface area contributed by atoms with Crippen molar-refractivity contribution in [1.82, 2.24) is 25.1 Å². The van der Waals surface area contributed by atoms with E-state index in [9.17, 15) is 0 Å². The first kappa shape index (κ1) is 17.3. The van der Waals surface area contributed by atoms with Gasteiger partial charge in [0.05, 0.1) is 25.5 Å². The molecule has 1 aliphatic rings. The number of fused-ring (bicyclic) bond motifs is 1. The van der Waals surface area contributed by atoms with Gasteiger partial charge in [-0.15, -0.1) is 0 Å². The van der Waals surface area contributed by atoms with Gasteiger partial charge >= 0.3 is 0 Å². The molecule has 0 bridgehead atoms. The number of ether oxygens (including phenoxy) is 1. The quantitative estimate of drug-likeness (QED) is 0.640.